The number of aryl methyl sites for hydroxylation is 1. The molecule has 1 aromatic heterocycles. The third-order valence-corrected chi connectivity index (χ3v) is 5.52. The molecule has 1 saturated heterocycles. The lowest BCUT2D eigenvalue weighted by Crippen LogP contribution is -2.35. The molecule has 2 heterocycles. The molecule has 0 bridgehead atoms. The minimum Gasteiger partial charge on any atom is -0.496 e. The van der Waals surface area contributed by atoms with Crippen molar-refractivity contribution in [2.45, 2.75) is 19.8 Å². The van der Waals surface area contributed by atoms with E-state index < -0.39 is 0 Å². The number of nitrogens with zero attached hydrogens (tertiary/aromatic N) is 4. The first-order chi connectivity index (χ1) is 12.5. The molecule has 156 valence electrons. The smallest absolute Gasteiger partial charge is 0.257 e. The SMILES string of the molecule is CCc1nsc(N2CCCN(C(=O)c3cc(Cl)c(N)cc3OC)CC2)n1.Cl.Cl. The van der Waals surface area contributed by atoms with Crippen LogP contribution in [0.5, 0.6) is 5.75 Å². The number of aromatic nitrogens is 2. The summed E-state index contributed by atoms with van der Waals surface area (Å²) in [7, 11) is 1.52. The molecule has 1 aliphatic heterocycles. The molecule has 0 aliphatic carbocycles. The third kappa shape index (κ3) is 5.31. The molecular formula is C17H24Cl3N5O2S. The van der Waals surface area contributed by atoms with Crippen molar-refractivity contribution in [2.75, 3.05) is 43.9 Å². The van der Waals surface area contributed by atoms with Gasteiger partial charge in [-0.05, 0) is 12.5 Å². The van der Waals surface area contributed by atoms with Crippen LogP contribution in [0.15, 0.2) is 12.1 Å². The third-order valence-electron chi connectivity index (χ3n) is 4.38. The maximum Gasteiger partial charge on any atom is 0.257 e. The van der Waals surface area contributed by atoms with Gasteiger partial charge < -0.3 is 20.3 Å². The van der Waals surface area contributed by atoms with Gasteiger partial charge in [-0.2, -0.15) is 4.37 Å². The molecule has 0 atom stereocenters. The summed E-state index contributed by atoms with van der Waals surface area (Å²) in [5.41, 5.74) is 6.64. The van der Waals surface area contributed by atoms with Crippen molar-refractivity contribution in [2.24, 2.45) is 0 Å². The Balaban J connectivity index is 0.00000196. The van der Waals surface area contributed by atoms with Gasteiger partial charge in [0.25, 0.3) is 5.91 Å². The summed E-state index contributed by atoms with van der Waals surface area (Å²) in [5.74, 6) is 1.20. The van der Waals surface area contributed by atoms with Crippen molar-refractivity contribution in [3.05, 3.63) is 28.5 Å². The standard InChI is InChI=1S/C17H22ClN5O2S.2ClH/c1-3-15-20-17(26-21-15)23-6-4-5-22(7-8-23)16(24)11-9-12(18)13(19)10-14(11)25-2;;/h9-10H,3-8,19H2,1-2H3;2*1H. The quantitative estimate of drug-likeness (QED) is 0.691. The number of methoxy groups -OCH3 is 1. The average molecular weight is 469 g/mol. The Kier molecular flexibility index (Phi) is 9.56. The van der Waals surface area contributed by atoms with Crippen LogP contribution in [-0.2, 0) is 6.42 Å². The van der Waals surface area contributed by atoms with Gasteiger partial charge in [0, 0.05) is 50.2 Å². The van der Waals surface area contributed by atoms with Crippen molar-refractivity contribution in [1.29, 1.82) is 0 Å². The van der Waals surface area contributed by atoms with Gasteiger partial charge in [-0.3, -0.25) is 4.79 Å². The highest BCUT2D eigenvalue weighted by molar-refractivity contribution is 7.09. The molecule has 1 aromatic carbocycles. The average Bonchev–Trinajstić information content (AvgIpc) is 3.00. The number of carbonyl (C=O) groups is 1. The van der Waals surface area contributed by atoms with Crippen molar-refractivity contribution in [1.82, 2.24) is 14.3 Å². The van der Waals surface area contributed by atoms with E-state index in [1.807, 2.05) is 11.8 Å². The summed E-state index contributed by atoms with van der Waals surface area (Å²) in [6.07, 6.45) is 1.68. The highest BCUT2D eigenvalue weighted by Crippen LogP contribution is 2.30. The van der Waals surface area contributed by atoms with Crippen LogP contribution >= 0.6 is 47.9 Å². The molecule has 2 aromatic rings. The molecule has 0 radical (unpaired) electrons. The number of amides is 1. The van der Waals surface area contributed by atoms with Crippen LogP contribution in [-0.4, -0.2) is 53.5 Å². The number of rotatable bonds is 4. The van der Waals surface area contributed by atoms with Crippen LogP contribution < -0.4 is 15.4 Å². The first-order valence-electron chi connectivity index (χ1n) is 8.53. The van der Waals surface area contributed by atoms with Gasteiger partial charge in [0.05, 0.1) is 23.4 Å². The fourth-order valence-corrected chi connectivity index (χ4v) is 3.87. The van der Waals surface area contributed by atoms with Gasteiger partial charge in [0.2, 0.25) is 5.13 Å². The lowest BCUT2D eigenvalue weighted by atomic mass is 10.1. The fraction of sp³-hybridized carbons (Fsp3) is 0.471. The van der Waals surface area contributed by atoms with E-state index in [-0.39, 0.29) is 30.7 Å². The maximum atomic E-state index is 13.0. The Labute approximate surface area is 186 Å². The number of hydrogen-bond donors (Lipinski definition) is 1. The van der Waals surface area contributed by atoms with E-state index in [1.54, 1.807) is 12.1 Å². The zero-order chi connectivity index (χ0) is 18.7. The minimum atomic E-state index is -0.0999. The maximum absolute atomic E-state index is 13.0. The molecule has 1 fully saturated rings. The minimum absolute atomic E-state index is 0. The number of hydrogen-bond acceptors (Lipinski definition) is 7. The monoisotopic (exact) mass is 467 g/mol. The van der Waals surface area contributed by atoms with Crippen LogP contribution in [0.3, 0.4) is 0 Å². The lowest BCUT2D eigenvalue weighted by Gasteiger charge is -2.22. The summed E-state index contributed by atoms with van der Waals surface area (Å²) in [5, 5.41) is 1.27. The topological polar surface area (TPSA) is 84.6 Å². The zero-order valence-corrected chi connectivity index (χ0v) is 18.9. The van der Waals surface area contributed by atoms with E-state index in [9.17, 15) is 4.79 Å². The largest absolute Gasteiger partial charge is 0.496 e. The molecule has 2 N–H and O–H groups in total. The first-order valence-corrected chi connectivity index (χ1v) is 9.68. The number of benzene rings is 1. The van der Waals surface area contributed by atoms with Gasteiger partial charge in [0.15, 0.2) is 0 Å². The van der Waals surface area contributed by atoms with Gasteiger partial charge in [-0.1, -0.05) is 18.5 Å². The van der Waals surface area contributed by atoms with Gasteiger partial charge >= 0.3 is 0 Å². The Hall–Kier alpha value is -1.48. The van der Waals surface area contributed by atoms with E-state index in [2.05, 4.69) is 14.3 Å². The first kappa shape index (κ1) is 24.6. The van der Waals surface area contributed by atoms with E-state index >= 15 is 0 Å². The Morgan fingerprint density at radius 1 is 1.29 bits per heavy atom. The molecule has 1 aliphatic rings. The molecule has 1 amide bonds. The molecule has 3 rings (SSSR count). The van der Waals surface area contributed by atoms with Crippen molar-refractivity contribution in [3.63, 3.8) is 0 Å². The van der Waals surface area contributed by atoms with Crippen LogP contribution in [0.4, 0.5) is 10.8 Å². The Bertz CT molecular complexity index is 805. The van der Waals surface area contributed by atoms with E-state index in [0.717, 1.165) is 36.9 Å². The number of ether oxygens (including phenoxy) is 1. The second kappa shape index (κ2) is 10.9. The van der Waals surface area contributed by atoms with Crippen molar-refractivity contribution < 1.29 is 9.53 Å². The summed E-state index contributed by atoms with van der Waals surface area (Å²) >= 11 is 7.52. The molecule has 11 heteroatoms. The van der Waals surface area contributed by atoms with Crippen LogP contribution in [0.25, 0.3) is 0 Å². The summed E-state index contributed by atoms with van der Waals surface area (Å²) < 4.78 is 9.66. The second-order valence-electron chi connectivity index (χ2n) is 6.05. The number of halogens is 3. The molecule has 0 unspecified atom stereocenters. The van der Waals surface area contributed by atoms with Gasteiger partial charge in [-0.25, -0.2) is 4.98 Å². The van der Waals surface area contributed by atoms with Crippen LogP contribution in [0, 0.1) is 0 Å². The Morgan fingerprint density at radius 2 is 2.04 bits per heavy atom. The predicted octanol–water partition coefficient (Wildman–Crippen LogP) is 3.54. The summed E-state index contributed by atoms with van der Waals surface area (Å²) in [6, 6.07) is 3.17. The summed E-state index contributed by atoms with van der Waals surface area (Å²) in [6.45, 7) is 4.88. The number of nitrogen functional groups attached to an aromatic ring is 1. The van der Waals surface area contributed by atoms with Gasteiger partial charge in [0.1, 0.15) is 11.6 Å². The number of nitrogens with two attached hydrogens (primary N) is 1. The number of anilines is 2. The molecule has 0 spiro atoms. The molecular weight excluding hydrogens is 445 g/mol. The molecule has 7 nitrogen and oxygen atoms in total. The highest BCUT2D eigenvalue weighted by Gasteiger charge is 2.25. The van der Waals surface area contributed by atoms with Gasteiger partial charge in [-0.15, -0.1) is 24.8 Å². The van der Waals surface area contributed by atoms with Crippen molar-refractivity contribution in [3.8, 4) is 5.75 Å². The molecule has 28 heavy (non-hydrogen) atoms. The second-order valence-corrected chi connectivity index (χ2v) is 7.19. The fourth-order valence-electron chi connectivity index (χ4n) is 2.90. The van der Waals surface area contributed by atoms with Crippen LogP contribution in [0.2, 0.25) is 5.02 Å². The Morgan fingerprint density at radius 3 is 2.68 bits per heavy atom. The van der Waals surface area contributed by atoms with E-state index in [1.165, 1.54) is 18.6 Å². The normalized spacial score (nSPS) is 14.0. The van der Waals surface area contributed by atoms with E-state index in [0.29, 0.717) is 35.1 Å². The molecule has 0 saturated carbocycles. The highest BCUT2D eigenvalue weighted by atomic mass is 35.5. The van der Waals surface area contributed by atoms with Crippen LogP contribution in [0.1, 0.15) is 29.5 Å². The van der Waals surface area contributed by atoms with E-state index in [4.69, 9.17) is 22.1 Å². The van der Waals surface area contributed by atoms with Crippen molar-refractivity contribution >= 4 is 64.7 Å². The predicted molar refractivity (Wildman–Crippen MR) is 119 cm³/mol. The summed E-state index contributed by atoms with van der Waals surface area (Å²) in [4.78, 5) is 21.6. The zero-order valence-electron chi connectivity index (χ0n) is 15.7. The lowest BCUT2D eigenvalue weighted by molar-refractivity contribution is 0.0763. The number of carbonyl (C=O) groups excluding carboxylic acids is 1.